The van der Waals surface area contributed by atoms with E-state index in [-0.39, 0.29) is 11.8 Å². The lowest BCUT2D eigenvalue weighted by Crippen LogP contribution is -2.35. The predicted octanol–water partition coefficient (Wildman–Crippen LogP) is 2.55. The highest BCUT2D eigenvalue weighted by Crippen LogP contribution is 2.04. The van der Waals surface area contributed by atoms with Gasteiger partial charge in [-0.2, -0.15) is 0 Å². The molecule has 5 nitrogen and oxygen atoms in total. The molecule has 2 aromatic rings. The molecular weight excluding hydrogens is 273 g/mol. The first-order valence-corrected chi connectivity index (χ1v) is 6.82. The molecule has 0 atom stereocenters. The molecule has 21 heavy (non-hydrogen) atoms. The number of hydrogen-bond donors (Lipinski definition) is 2. The number of aromatic nitrogens is 1. The predicted molar refractivity (Wildman–Crippen MR) is 76.2 cm³/mol. The molecule has 2 amide bonds. The molecule has 0 spiro atoms. The van der Waals surface area contributed by atoms with Gasteiger partial charge in [0.15, 0.2) is 0 Å². The number of amides is 2. The highest BCUT2D eigenvalue weighted by Gasteiger charge is 2.02. The summed E-state index contributed by atoms with van der Waals surface area (Å²) in [5.74, 6) is 0.534. The number of benzene rings is 1. The molecule has 2 N–H and O–H groups in total. The largest absolute Gasteiger partial charge is 0.361 e. The molecule has 1 aromatic carbocycles. The van der Waals surface area contributed by atoms with Gasteiger partial charge in [-0.15, -0.1) is 0 Å². The van der Waals surface area contributed by atoms with Crippen LogP contribution in [-0.4, -0.2) is 17.7 Å². The third-order valence-electron chi connectivity index (χ3n) is 2.93. The minimum Gasteiger partial charge on any atom is -0.361 e. The van der Waals surface area contributed by atoms with E-state index in [0.717, 1.165) is 29.9 Å². The number of rotatable bonds is 6. The van der Waals surface area contributed by atoms with E-state index in [1.54, 1.807) is 12.1 Å². The highest BCUT2D eigenvalue weighted by molar-refractivity contribution is 5.73. The lowest BCUT2D eigenvalue weighted by atomic mass is 10.2. The third-order valence-corrected chi connectivity index (χ3v) is 2.93. The second-order valence-electron chi connectivity index (χ2n) is 4.77. The van der Waals surface area contributed by atoms with Crippen LogP contribution in [0.5, 0.6) is 0 Å². The lowest BCUT2D eigenvalue weighted by molar-refractivity contribution is 0.240. The molecule has 2 rings (SSSR count). The van der Waals surface area contributed by atoms with E-state index in [1.165, 1.54) is 12.1 Å². The first-order chi connectivity index (χ1) is 10.1. The molecule has 112 valence electrons. The fourth-order valence-electron chi connectivity index (χ4n) is 1.85. The highest BCUT2D eigenvalue weighted by atomic mass is 19.1. The Labute approximate surface area is 122 Å². The number of urea groups is 1. The summed E-state index contributed by atoms with van der Waals surface area (Å²) >= 11 is 0. The second-order valence-corrected chi connectivity index (χ2v) is 4.77. The van der Waals surface area contributed by atoms with E-state index in [4.69, 9.17) is 4.52 Å². The van der Waals surface area contributed by atoms with E-state index < -0.39 is 0 Å². The quantitative estimate of drug-likeness (QED) is 0.804. The van der Waals surface area contributed by atoms with E-state index >= 15 is 0 Å². The maximum absolute atomic E-state index is 12.7. The van der Waals surface area contributed by atoms with E-state index in [2.05, 4.69) is 15.8 Å². The molecule has 1 heterocycles. The number of hydrogen-bond acceptors (Lipinski definition) is 3. The second kappa shape index (κ2) is 7.42. The van der Waals surface area contributed by atoms with Crippen LogP contribution in [0.25, 0.3) is 0 Å². The van der Waals surface area contributed by atoms with Crippen LogP contribution in [0.3, 0.4) is 0 Å². The number of aryl methyl sites for hydroxylation is 2. The minimum atomic E-state index is -0.286. The zero-order valence-corrected chi connectivity index (χ0v) is 11.9. The van der Waals surface area contributed by atoms with Gasteiger partial charge in [-0.3, -0.25) is 0 Å². The molecule has 6 heteroatoms. The standard InChI is InChI=1S/C15H18FN3O2/c1-11-9-14(21-19-11)3-2-8-17-15(20)18-10-12-4-6-13(16)7-5-12/h4-7,9H,2-3,8,10H2,1H3,(H2,17,18,20). The lowest BCUT2D eigenvalue weighted by Gasteiger charge is -2.07. The van der Waals surface area contributed by atoms with Gasteiger partial charge in [-0.05, 0) is 31.0 Å². The van der Waals surface area contributed by atoms with Crippen molar-refractivity contribution in [3.63, 3.8) is 0 Å². The Bertz CT molecular complexity index is 581. The first-order valence-electron chi connectivity index (χ1n) is 6.82. The van der Waals surface area contributed by atoms with Crippen molar-refractivity contribution in [3.05, 3.63) is 53.2 Å². The van der Waals surface area contributed by atoms with Crippen molar-refractivity contribution in [2.24, 2.45) is 0 Å². The van der Waals surface area contributed by atoms with Crippen molar-refractivity contribution in [3.8, 4) is 0 Å². The first kappa shape index (κ1) is 15.0. The number of halogens is 1. The zero-order valence-electron chi connectivity index (χ0n) is 11.9. The molecule has 0 saturated carbocycles. The fraction of sp³-hybridized carbons (Fsp3) is 0.333. The molecule has 0 unspecified atom stereocenters. The SMILES string of the molecule is Cc1cc(CCCNC(=O)NCc2ccc(F)cc2)on1. The summed E-state index contributed by atoms with van der Waals surface area (Å²) in [4.78, 5) is 11.6. The van der Waals surface area contributed by atoms with Gasteiger partial charge < -0.3 is 15.2 Å². The normalized spacial score (nSPS) is 10.4. The molecule has 1 aromatic heterocycles. The van der Waals surface area contributed by atoms with Crippen LogP contribution in [0.4, 0.5) is 9.18 Å². The molecule has 0 fully saturated rings. The molecule has 0 aliphatic rings. The van der Waals surface area contributed by atoms with Crippen LogP contribution in [0.15, 0.2) is 34.9 Å². The molecular formula is C15H18FN3O2. The fourth-order valence-corrected chi connectivity index (χ4v) is 1.85. The van der Waals surface area contributed by atoms with E-state index in [0.29, 0.717) is 13.1 Å². The van der Waals surface area contributed by atoms with Crippen molar-refractivity contribution in [2.75, 3.05) is 6.54 Å². The van der Waals surface area contributed by atoms with Crippen LogP contribution in [0, 0.1) is 12.7 Å². The van der Waals surface area contributed by atoms with Crippen LogP contribution >= 0.6 is 0 Å². The summed E-state index contributed by atoms with van der Waals surface area (Å²) in [7, 11) is 0. The van der Waals surface area contributed by atoms with Gasteiger partial charge in [-0.25, -0.2) is 9.18 Å². The smallest absolute Gasteiger partial charge is 0.315 e. The van der Waals surface area contributed by atoms with Crippen molar-refractivity contribution in [1.82, 2.24) is 15.8 Å². The van der Waals surface area contributed by atoms with Crippen LogP contribution in [-0.2, 0) is 13.0 Å². The molecule has 0 aliphatic heterocycles. The summed E-state index contributed by atoms with van der Waals surface area (Å²) in [5.41, 5.74) is 1.71. The monoisotopic (exact) mass is 291 g/mol. The van der Waals surface area contributed by atoms with E-state index in [1.807, 2.05) is 13.0 Å². The Morgan fingerprint density at radius 3 is 2.71 bits per heavy atom. The van der Waals surface area contributed by atoms with Gasteiger partial charge >= 0.3 is 6.03 Å². The maximum atomic E-state index is 12.7. The van der Waals surface area contributed by atoms with Gasteiger partial charge in [0.25, 0.3) is 0 Å². The maximum Gasteiger partial charge on any atom is 0.315 e. The van der Waals surface area contributed by atoms with Crippen molar-refractivity contribution in [1.29, 1.82) is 0 Å². The average molecular weight is 291 g/mol. The van der Waals surface area contributed by atoms with Gasteiger partial charge in [0.2, 0.25) is 0 Å². The molecule has 0 aliphatic carbocycles. The van der Waals surface area contributed by atoms with Crippen molar-refractivity contribution in [2.45, 2.75) is 26.3 Å². The van der Waals surface area contributed by atoms with Crippen LogP contribution in [0.1, 0.15) is 23.4 Å². The summed E-state index contributed by atoms with van der Waals surface area (Å²) in [6.07, 6.45) is 1.51. The number of carbonyl (C=O) groups excluding carboxylic acids is 1. The summed E-state index contributed by atoms with van der Waals surface area (Å²) in [5, 5.41) is 9.27. The Hall–Kier alpha value is -2.37. The van der Waals surface area contributed by atoms with Gasteiger partial charge in [0.05, 0.1) is 5.69 Å². The van der Waals surface area contributed by atoms with E-state index in [9.17, 15) is 9.18 Å². The molecule has 0 bridgehead atoms. The molecule has 0 saturated heterocycles. The minimum absolute atomic E-state index is 0.243. The van der Waals surface area contributed by atoms with Crippen LogP contribution < -0.4 is 10.6 Å². The van der Waals surface area contributed by atoms with Gasteiger partial charge in [0.1, 0.15) is 11.6 Å². The third kappa shape index (κ3) is 5.25. The zero-order chi connectivity index (χ0) is 15.1. The Balaban J connectivity index is 1.60. The Morgan fingerprint density at radius 2 is 2.05 bits per heavy atom. The summed E-state index contributed by atoms with van der Waals surface area (Å²) in [6, 6.07) is 7.66. The summed E-state index contributed by atoms with van der Waals surface area (Å²) < 4.78 is 17.8. The van der Waals surface area contributed by atoms with Gasteiger partial charge in [0, 0.05) is 25.6 Å². The van der Waals surface area contributed by atoms with Crippen LogP contribution in [0.2, 0.25) is 0 Å². The average Bonchev–Trinajstić information content (AvgIpc) is 2.89. The van der Waals surface area contributed by atoms with Crippen molar-refractivity contribution < 1.29 is 13.7 Å². The topological polar surface area (TPSA) is 67.2 Å². The van der Waals surface area contributed by atoms with Gasteiger partial charge in [-0.1, -0.05) is 17.3 Å². The number of nitrogens with zero attached hydrogens (tertiary/aromatic N) is 1. The number of nitrogens with one attached hydrogen (secondary N) is 2. The Morgan fingerprint density at radius 1 is 1.29 bits per heavy atom. The summed E-state index contributed by atoms with van der Waals surface area (Å²) in [6.45, 7) is 2.79. The Kier molecular flexibility index (Phi) is 5.31. The van der Waals surface area contributed by atoms with Crippen molar-refractivity contribution >= 4 is 6.03 Å². The number of carbonyl (C=O) groups is 1. The molecule has 0 radical (unpaired) electrons.